The first-order valence-corrected chi connectivity index (χ1v) is 7.60. The number of rotatable bonds is 4. The molecule has 2 nitrogen and oxygen atoms in total. The van der Waals surface area contributed by atoms with Gasteiger partial charge in [0.05, 0.1) is 5.60 Å². The van der Waals surface area contributed by atoms with Crippen molar-refractivity contribution >= 4 is 0 Å². The van der Waals surface area contributed by atoms with Gasteiger partial charge in [0.1, 0.15) is 0 Å². The van der Waals surface area contributed by atoms with Crippen molar-refractivity contribution in [1.29, 1.82) is 0 Å². The van der Waals surface area contributed by atoms with Gasteiger partial charge in [0.15, 0.2) is 0 Å². The summed E-state index contributed by atoms with van der Waals surface area (Å²) in [5, 5.41) is 20.4. The highest BCUT2D eigenvalue weighted by molar-refractivity contribution is 4.94. The summed E-state index contributed by atoms with van der Waals surface area (Å²) < 4.78 is 0. The first kappa shape index (κ1) is 13.4. The van der Waals surface area contributed by atoms with Gasteiger partial charge in [0.2, 0.25) is 0 Å². The zero-order chi connectivity index (χ0) is 12.1. The lowest BCUT2D eigenvalue weighted by molar-refractivity contribution is -0.105. The van der Waals surface area contributed by atoms with Crippen molar-refractivity contribution in [2.75, 3.05) is 6.61 Å². The molecule has 0 heterocycles. The summed E-state index contributed by atoms with van der Waals surface area (Å²) in [6.45, 7) is 0.142. The van der Waals surface area contributed by atoms with Crippen LogP contribution in [0.25, 0.3) is 0 Å². The quantitative estimate of drug-likeness (QED) is 0.792. The largest absolute Gasteiger partial charge is 0.396 e. The Morgan fingerprint density at radius 3 is 1.53 bits per heavy atom. The lowest BCUT2D eigenvalue weighted by Crippen LogP contribution is -2.47. The van der Waals surface area contributed by atoms with Crippen molar-refractivity contribution in [2.24, 2.45) is 11.8 Å². The normalized spacial score (nSPS) is 25.1. The van der Waals surface area contributed by atoms with Crippen LogP contribution in [0.4, 0.5) is 0 Å². The Hall–Kier alpha value is -0.0800. The predicted octanol–water partition coefficient (Wildman–Crippen LogP) is 3.26. The Balaban J connectivity index is 2.05. The third kappa shape index (κ3) is 3.03. The molecule has 2 heteroatoms. The van der Waals surface area contributed by atoms with Crippen LogP contribution in [-0.4, -0.2) is 22.4 Å². The molecule has 0 aliphatic heterocycles. The van der Waals surface area contributed by atoms with Gasteiger partial charge in [-0.3, -0.25) is 0 Å². The molecule has 2 aliphatic carbocycles. The SMILES string of the molecule is OCCC(O)(C1CCCCC1)C1CCCCC1. The highest BCUT2D eigenvalue weighted by Gasteiger charge is 2.43. The summed E-state index contributed by atoms with van der Waals surface area (Å²) in [4.78, 5) is 0. The molecule has 0 aromatic carbocycles. The van der Waals surface area contributed by atoms with Gasteiger partial charge in [-0.25, -0.2) is 0 Å². The molecule has 0 amide bonds. The van der Waals surface area contributed by atoms with Crippen LogP contribution in [0, 0.1) is 11.8 Å². The predicted molar refractivity (Wildman–Crippen MR) is 69.8 cm³/mol. The molecule has 0 spiro atoms. The molecule has 17 heavy (non-hydrogen) atoms. The van der Waals surface area contributed by atoms with E-state index in [9.17, 15) is 10.2 Å². The topological polar surface area (TPSA) is 40.5 Å². The van der Waals surface area contributed by atoms with Crippen LogP contribution in [0.2, 0.25) is 0 Å². The molecule has 0 unspecified atom stereocenters. The molecule has 0 atom stereocenters. The minimum absolute atomic E-state index is 0.142. The number of hydrogen-bond donors (Lipinski definition) is 2. The Kier molecular flexibility index (Phi) is 4.87. The van der Waals surface area contributed by atoms with Gasteiger partial charge < -0.3 is 10.2 Å². The van der Waals surface area contributed by atoms with Gasteiger partial charge in [-0.2, -0.15) is 0 Å². The van der Waals surface area contributed by atoms with Gasteiger partial charge >= 0.3 is 0 Å². The van der Waals surface area contributed by atoms with Crippen molar-refractivity contribution in [3.63, 3.8) is 0 Å². The molecule has 2 rings (SSSR count). The van der Waals surface area contributed by atoms with Crippen LogP contribution < -0.4 is 0 Å². The zero-order valence-electron chi connectivity index (χ0n) is 11.0. The molecular weight excluding hydrogens is 212 g/mol. The van der Waals surface area contributed by atoms with E-state index < -0.39 is 5.60 Å². The van der Waals surface area contributed by atoms with Crippen LogP contribution in [0.5, 0.6) is 0 Å². The maximum atomic E-state index is 11.1. The highest BCUT2D eigenvalue weighted by Crippen LogP contribution is 2.44. The minimum atomic E-state index is -0.560. The standard InChI is InChI=1S/C15H28O2/c16-12-11-15(17,13-7-3-1-4-8-13)14-9-5-2-6-10-14/h13-14,16-17H,1-12H2. The molecule has 0 bridgehead atoms. The average molecular weight is 240 g/mol. The fourth-order valence-electron chi connectivity index (χ4n) is 4.13. The fourth-order valence-corrected chi connectivity index (χ4v) is 4.13. The molecule has 100 valence electrons. The lowest BCUT2D eigenvalue weighted by Gasteiger charge is -2.45. The smallest absolute Gasteiger partial charge is 0.0725 e. The first-order valence-electron chi connectivity index (χ1n) is 7.60. The van der Waals surface area contributed by atoms with E-state index in [0.29, 0.717) is 18.3 Å². The average Bonchev–Trinajstić information content (AvgIpc) is 2.41. The summed E-state index contributed by atoms with van der Waals surface area (Å²) in [6, 6.07) is 0. The van der Waals surface area contributed by atoms with E-state index in [2.05, 4.69) is 0 Å². The maximum absolute atomic E-state index is 11.1. The molecule has 2 aliphatic rings. The molecule has 2 N–H and O–H groups in total. The minimum Gasteiger partial charge on any atom is -0.396 e. The monoisotopic (exact) mass is 240 g/mol. The van der Waals surface area contributed by atoms with E-state index in [-0.39, 0.29) is 6.61 Å². The summed E-state index contributed by atoms with van der Waals surface area (Å²) in [7, 11) is 0. The van der Waals surface area contributed by atoms with Gasteiger partial charge in [0.25, 0.3) is 0 Å². The van der Waals surface area contributed by atoms with E-state index in [4.69, 9.17) is 0 Å². The molecule has 2 fully saturated rings. The Bertz CT molecular complexity index is 197. The third-order valence-corrected chi connectivity index (χ3v) is 5.14. The second kappa shape index (κ2) is 6.19. The van der Waals surface area contributed by atoms with Crippen LogP contribution in [-0.2, 0) is 0 Å². The highest BCUT2D eigenvalue weighted by atomic mass is 16.3. The van der Waals surface area contributed by atoms with E-state index in [0.717, 1.165) is 0 Å². The van der Waals surface area contributed by atoms with E-state index >= 15 is 0 Å². The molecule has 2 saturated carbocycles. The number of aliphatic hydroxyl groups excluding tert-OH is 1. The van der Waals surface area contributed by atoms with E-state index in [1.54, 1.807) is 0 Å². The fraction of sp³-hybridized carbons (Fsp3) is 1.00. The van der Waals surface area contributed by atoms with E-state index in [1.807, 2.05) is 0 Å². The van der Waals surface area contributed by atoms with Crippen LogP contribution >= 0.6 is 0 Å². The summed E-state index contributed by atoms with van der Waals surface area (Å²) in [5.74, 6) is 0.901. The van der Waals surface area contributed by atoms with Crippen LogP contribution in [0.3, 0.4) is 0 Å². The Morgan fingerprint density at radius 1 is 0.765 bits per heavy atom. The third-order valence-electron chi connectivity index (χ3n) is 5.14. The molecule has 0 saturated heterocycles. The second-order valence-corrected chi connectivity index (χ2v) is 6.13. The van der Waals surface area contributed by atoms with Gasteiger partial charge in [-0.1, -0.05) is 38.5 Å². The van der Waals surface area contributed by atoms with Gasteiger partial charge in [-0.05, 0) is 43.9 Å². The summed E-state index contributed by atoms with van der Waals surface area (Å²) in [5.41, 5.74) is -0.560. The van der Waals surface area contributed by atoms with Gasteiger partial charge in [-0.15, -0.1) is 0 Å². The number of aliphatic hydroxyl groups is 2. The van der Waals surface area contributed by atoms with Crippen LogP contribution in [0.1, 0.15) is 70.6 Å². The molecule has 0 aromatic rings. The van der Waals surface area contributed by atoms with Crippen molar-refractivity contribution in [1.82, 2.24) is 0 Å². The Labute approximate surface area is 105 Å². The molecular formula is C15H28O2. The maximum Gasteiger partial charge on any atom is 0.0725 e. The van der Waals surface area contributed by atoms with Gasteiger partial charge in [0, 0.05) is 6.61 Å². The zero-order valence-corrected chi connectivity index (χ0v) is 11.0. The van der Waals surface area contributed by atoms with Crippen molar-refractivity contribution in [3.8, 4) is 0 Å². The summed E-state index contributed by atoms with van der Waals surface area (Å²) in [6.07, 6.45) is 13.0. The summed E-state index contributed by atoms with van der Waals surface area (Å²) >= 11 is 0. The molecule has 0 radical (unpaired) electrons. The Morgan fingerprint density at radius 2 is 1.18 bits per heavy atom. The first-order chi connectivity index (χ1) is 8.27. The van der Waals surface area contributed by atoms with E-state index in [1.165, 1.54) is 64.2 Å². The molecule has 0 aromatic heterocycles. The lowest BCUT2D eigenvalue weighted by atomic mass is 9.65. The van der Waals surface area contributed by atoms with Crippen molar-refractivity contribution in [2.45, 2.75) is 76.2 Å². The van der Waals surface area contributed by atoms with Crippen LogP contribution in [0.15, 0.2) is 0 Å². The van der Waals surface area contributed by atoms with Crippen molar-refractivity contribution < 1.29 is 10.2 Å². The second-order valence-electron chi connectivity index (χ2n) is 6.13. The van der Waals surface area contributed by atoms with Crippen molar-refractivity contribution in [3.05, 3.63) is 0 Å². The number of hydrogen-bond acceptors (Lipinski definition) is 2.